The third kappa shape index (κ3) is 3.20. The molecule has 1 amide bonds. The van der Waals surface area contributed by atoms with Crippen molar-refractivity contribution in [2.24, 2.45) is 0 Å². The van der Waals surface area contributed by atoms with E-state index in [9.17, 15) is 9.59 Å². The molecule has 0 heterocycles. The van der Waals surface area contributed by atoms with E-state index in [0.717, 1.165) is 5.56 Å². The number of rotatable bonds is 3. The minimum atomic E-state index is -0.117. The third-order valence-electron chi connectivity index (χ3n) is 2.07. The Balaban J connectivity index is 2.80. The van der Waals surface area contributed by atoms with Crippen LogP contribution in [0.4, 0.5) is 0 Å². The molecule has 0 saturated heterocycles. The van der Waals surface area contributed by atoms with Gasteiger partial charge in [-0.25, -0.2) is 0 Å². The van der Waals surface area contributed by atoms with Crippen LogP contribution in [0.3, 0.4) is 0 Å². The van der Waals surface area contributed by atoms with E-state index in [0.29, 0.717) is 5.56 Å². The monoisotopic (exact) mass is 205 g/mol. The quantitative estimate of drug-likeness (QED) is 0.752. The van der Waals surface area contributed by atoms with Gasteiger partial charge in [-0.05, 0) is 26.0 Å². The topological polar surface area (TPSA) is 37.4 Å². The van der Waals surface area contributed by atoms with Gasteiger partial charge in [0, 0.05) is 12.6 Å². The van der Waals surface area contributed by atoms with Crippen molar-refractivity contribution in [2.45, 2.75) is 13.8 Å². The Morgan fingerprint density at radius 3 is 2.53 bits per heavy atom. The largest absolute Gasteiger partial charge is 0.334 e. The fraction of sp³-hybridized carbons (Fsp3) is 0.333. The summed E-state index contributed by atoms with van der Waals surface area (Å²) in [6.07, 6.45) is 0. The molecule has 0 bridgehead atoms. The van der Waals surface area contributed by atoms with Crippen LogP contribution in [-0.2, 0) is 4.79 Å². The van der Waals surface area contributed by atoms with Crippen LogP contribution < -0.4 is 0 Å². The molecule has 0 N–H and O–H groups in total. The molecule has 3 heteroatoms. The van der Waals surface area contributed by atoms with Crippen LogP contribution in [0.25, 0.3) is 0 Å². The molecule has 0 aliphatic heterocycles. The lowest BCUT2D eigenvalue weighted by Crippen LogP contribution is -2.31. The summed E-state index contributed by atoms with van der Waals surface area (Å²) >= 11 is 0. The predicted molar refractivity (Wildman–Crippen MR) is 58.8 cm³/mol. The average Bonchev–Trinajstić information content (AvgIpc) is 2.15. The second-order valence-corrected chi connectivity index (χ2v) is 3.73. The maximum Gasteiger partial charge on any atom is 0.254 e. The van der Waals surface area contributed by atoms with Crippen molar-refractivity contribution in [2.75, 3.05) is 13.6 Å². The van der Waals surface area contributed by atoms with Crippen molar-refractivity contribution in [3.63, 3.8) is 0 Å². The van der Waals surface area contributed by atoms with Gasteiger partial charge in [-0.1, -0.05) is 17.7 Å². The highest BCUT2D eigenvalue weighted by Gasteiger charge is 2.12. The minimum absolute atomic E-state index is 0.0153. The molecule has 1 aromatic rings. The number of likely N-dealkylation sites (N-methyl/N-ethyl adjacent to an activating group) is 1. The summed E-state index contributed by atoms with van der Waals surface area (Å²) in [5.41, 5.74) is 1.66. The number of aryl methyl sites for hydroxylation is 1. The van der Waals surface area contributed by atoms with Gasteiger partial charge in [0.15, 0.2) is 0 Å². The van der Waals surface area contributed by atoms with Crippen LogP contribution in [0.1, 0.15) is 22.8 Å². The van der Waals surface area contributed by atoms with Crippen LogP contribution in [0.2, 0.25) is 0 Å². The van der Waals surface area contributed by atoms with E-state index in [4.69, 9.17) is 0 Å². The van der Waals surface area contributed by atoms with E-state index in [-0.39, 0.29) is 18.2 Å². The first kappa shape index (κ1) is 11.4. The van der Waals surface area contributed by atoms with E-state index in [1.165, 1.54) is 11.8 Å². The smallest absolute Gasteiger partial charge is 0.254 e. The zero-order valence-corrected chi connectivity index (χ0v) is 9.28. The van der Waals surface area contributed by atoms with Gasteiger partial charge < -0.3 is 4.90 Å². The number of benzene rings is 1. The van der Waals surface area contributed by atoms with Gasteiger partial charge in [-0.15, -0.1) is 0 Å². The first-order chi connectivity index (χ1) is 7.00. The van der Waals surface area contributed by atoms with Crippen LogP contribution in [0, 0.1) is 6.92 Å². The highest BCUT2D eigenvalue weighted by atomic mass is 16.2. The molecule has 80 valence electrons. The molecule has 0 aromatic heterocycles. The van der Waals surface area contributed by atoms with Crippen molar-refractivity contribution in [1.82, 2.24) is 4.90 Å². The van der Waals surface area contributed by atoms with E-state index >= 15 is 0 Å². The molecule has 0 saturated carbocycles. The summed E-state index contributed by atoms with van der Waals surface area (Å²) in [6, 6.07) is 7.34. The molecule has 0 aliphatic carbocycles. The molecule has 1 aromatic carbocycles. The lowest BCUT2D eigenvalue weighted by Gasteiger charge is -2.15. The SMILES string of the molecule is CC(=O)CN(C)C(=O)c1cccc(C)c1. The Morgan fingerprint density at radius 2 is 2.00 bits per heavy atom. The van der Waals surface area contributed by atoms with Gasteiger partial charge in [-0.3, -0.25) is 9.59 Å². The maximum atomic E-state index is 11.8. The second kappa shape index (κ2) is 4.73. The Kier molecular flexibility index (Phi) is 3.61. The van der Waals surface area contributed by atoms with Crippen molar-refractivity contribution in [3.05, 3.63) is 35.4 Å². The van der Waals surface area contributed by atoms with Gasteiger partial charge in [0.1, 0.15) is 5.78 Å². The summed E-state index contributed by atoms with van der Waals surface area (Å²) in [4.78, 5) is 24.1. The number of carbonyl (C=O) groups excluding carboxylic acids is 2. The molecular formula is C12H15NO2. The Labute approximate surface area is 89.7 Å². The lowest BCUT2D eigenvalue weighted by molar-refractivity contribution is -0.117. The molecule has 3 nitrogen and oxygen atoms in total. The van der Waals surface area contributed by atoms with Crippen LogP contribution in [-0.4, -0.2) is 30.2 Å². The first-order valence-corrected chi connectivity index (χ1v) is 4.82. The van der Waals surface area contributed by atoms with Gasteiger partial charge in [0.05, 0.1) is 6.54 Å². The van der Waals surface area contributed by atoms with E-state index in [1.807, 2.05) is 25.1 Å². The zero-order chi connectivity index (χ0) is 11.4. The molecule has 0 aliphatic rings. The molecule has 0 unspecified atom stereocenters. The molecule has 0 spiro atoms. The van der Waals surface area contributed by atoms with Crippen LogP contribution in [0.5, 0.6) is 0 Å². The summed E-state index contributed by atoms with van der Waals surface area (Å²) in [5.74, 6) is -0.132. The maximum absolute atomic E-state index is 11.8. The fourth-order valence-electron chi connectivity index (χ4n) is 1.40. The highest BCUT2D eigenvalue weighted by Crippen LogP contribution is 2.06. The Bertz CT molecular complexity index is 385. The van der Waals surface area contributed by atoms with Gasteiger partial charge >= 0.3 is 0 Å². The Morgan fingerprint density at radius 1 is 1.33 bits per heavy atom. The van der Waals surface area contributed by atoms with E-state index in [2.05, 4.69) is 0 Å². The van der Waals surface area contributed by atoms with Gasteiger partial charge in [0.2, 0.25) is 0 Å². The normalized spacial score (nSPS) is 9.80. The van der Waals surface area contributed by atoms with Crippen LogP contribution in [0.15, 0.2) is 24.3 Å². The summed E-state index contributed by atoms with van der Waals surface area (Å²) < 4.78 is 0. The van der Waals surface area contributed by atoms with Crippen LogP contribution >= 0.6 is 0 Å². The van der Waals surface area contributed by atoms with E-state index in [1.54, 1.807) is 13.1 Å². The average molecular weight is 205 g/mol. The summed E-state index contributed by atoms with van der Waals surface area (Å²) in [6.45, 7) is 3.56. The van der Waals surface area contributed by atoms with Crippen molar-refractivity contribution < 1.29 is 9.59 Å². The summed E-state index contributed by atoms with van der Waals surface area (Å²) in [7, 11) is 1.63. The first-order valence-electron chi connectivity index (χ1n) is 4.82. The molecule has 15 heavy (non-hydrogen) atoms. The molecule has 0 radical (unpaired) electrons. The predicted octanol–water partition coefficient (Wildman–Crippen LogP) is 1.66. The third-order valence-corrected chi connectivity index (χ3v) is 2.07. The van der Waals surface area contributed by atoms with Crippen molar-refractivity contribution in [1.29, 1.82) is 0 Å². The van der Waals surface area contributed by atoms with Gasteiger partial charge in [-0.2, -0.15) is 0 Å². The summed E-state index contributed by atoms with van der Waals surface area (Å²) in [5, 5.41) is 0. The number of nitrogens with zero attached hydrogens (tertiary/aromatic N) is 1. The number of carbonyl (C=O) groups is 2. The van der Waals surface area contributed by atoms with Crippen molar-refractivity contribution >= 4 is 11.7 Å². The number of hydrogen-bond acceptors (Lipinski definition) is 2. The molecule has 0 atom stereocenters. The molecular weight excluding hydrogens is 190 g/mol. The molecule has 0 fully saturated rings. The lowest BCUT2D eigenvalue weighted by atomic mass is 10.1. The van der Waals surface area contributed by atoms with Gasteiger partial charge in [0.25, 0.3) is 5.91 Å². The number of Topliss-reactive ketones (excluding diaryl/α,β-unsaturated/α-hetero) is 1. The van der Waals surface area contributed by atoms with Crippen molar-refractivity contribution in [3.8, 4) is 0 Å². The second-order valence-electron chi connectivity index (χ2n) is 3.73. The Hall–Kier alpha value is -1.64. The fourth-order valence-corrected chi connectivity index (χ4v) is 1.40. The minimum Gasteiger partial charge on any atom is -0.334 e. The number of ketones is 1. The standard InChI is InChI=1S/C12H15NO2/c1-9-5-4-6-11(7-9)12(15)13(3)8-10(2)14/h4-7H,8H2,1-3H3. The highest BCUT2D eigenvalue weighted by molar-refractivity contribution is 5.96. The zero-order valence-electron chi connectivity index (χ0n) is 9.28. The molecule has 1 rings (SSSR count). The number of hydrogen-bond donors (Lipinski definition) is 0. The van der Waals surface area contributed by atoms with E-state index < -0.39 is 0 Å². The number of amides is 1.